The molecule has 0 saturated heterocycles. The molecule has 0 saturated carbocycles. The first-order valence-electron chi connectivity index (χ1n) is 7.51. The summed E-state index contributed by atoms with van der Waals surface area (Å²) in [6.07, 6.45) is 1.35. The van der Waals surface area contributed by atoms with Crippen molar-refractivity contribution < 1.29 is 9.94 Å². The van der Waals surface area contributed by atoms with Gasteiger partial charge in [-0.3, -0.25) is 0 Å². The van der Waals surface area contributed by atoms with Gasteiger partial charge in [-0.1, -0.05) is 54.6 Å². The van der Waals surface area contributed by atoms with Gasteiger partial charge < -0.3 is 9.94 Å². The van der Waals surface area contributed by atoms with Crippen LogP contribution in [-0.2, 0) is 0 Å². The summed E-state index contributed by atoms with van der Waals surface area (Å²) in [6.45, 7) is 2.71. The van der Waals surface area contributed by atoms with Crippen LogP contribution in [0.1, 0.15) is 37.0 Å². The third kappa shape index (κ3) is 2.94. The Hall–Kier alpha value is -2.40. The summed E-state index contributed by atoms with van der Waals surface area (Å²) in [5, 5.41) is 18.6. The predicted octanol–water partition coefficient (Wildman–Crippen LogP) is 2.74. The fourth-order valence-corrected chi connectivity index (χ4v) is 2.30. The molecular formula is C17H19N3O2. The highest BCUT2D eigenvalue weighted by molar-refractivity contribution is 5.75. The predicted molar refractivity (Wildman–Crippen MR) is 84.4 cm³/mol. The molecule has 5 heteroatoms. The molecule has 0 aliphatic rings. The Morgan fingerprint density at radius 1 is 1.14 bits per heavy atom. The van der Waals surface area contributed by atoms with Crippen LogP contribution in [-0.4, -0.2) is 26.9 Å². The molecule has 1 heterocycles. The lowest BCUT2D eigenvalue weighted by molar-refractivity contribution is 0.0852. The molecule has 0 amide bonds. The number of fused-ring (bicyclic) bond motifs is 1. The molecule has 3 rings (SSSR count). The first-order chi connectivity index (χ1) is 10.8. The van der Waals surface area contributed by atoms with E-state index in [0.29, 0.717) is 6.61 Å². The van der Waals surface area contributed by atoms with Gasteiger partial charge in [-0.25, -0.2) is 0 Å². The van der Waals surface area contributed by atoms with E-state index in [0.717, 1.165) is 35.0 Å². The summed E-state index contributed by atoms with van der Waals surface area (Å²) in [5.74, 6) is 0. The molecule has 0 bridgehead atoms. The van der Waals surface area contributed by atoms with Gasteiger partial charge in [-0.2, -0.15) is 0 Å². The maximum Gasteiger partial charge on any atom is 0.131 e. The lowest BCUT2D eigenvalue weighted by Crippen LogP contribution is -2.14. The number of nitrogens with zero attached hydrogens (tertiary/aromatic N) is 3. The van der Waals surface area contributed by atoms with Gasteiger partial charge in [-0.05, 0) is 34.9 Å². The molecule has 0 fully saturated rings. The minimum absolute atomic E-state index is 0.598. The largest absolute Gasteiger partial charge is 0.395 e. The van der Waals surface area contributed by atoms with E-state index in [-0.39, 0.29) is 0 Å². The first kappa shape index (κ1) is 14.5. The van der Waals surface area contributed by atoms with Crippen LogP contribution < -0.4 is 4.84 Å². The fourth-order valence-electron chi connectivity index (χ4n) is 2.30. The van der Waals surface area contributed by atoms with Crippen molar-refractivity contribution in [1.29, 1.82) is 0 Å². The standard InChI is InChI=1S/C17H19N3O2/c1-2-3-11-22-20-16-12-14(9-10-15(16)18-19-20)17(21)13-7-5-4-6-8-13/h4-10,12,17,21H,2-3,11H2,1H3. The summed E-state index contributed by atoms with van der Waals surface area (Å²) in [5.41, 5.74) is 3.17. The molecule has 22 heavy (non-hydrogen) atoms. The van der Waals surface area contributed by atoms with Gasteiger partial charge in [0.25, 0.3) is 0 Å². The summed E-state index contributed by atoms with van der Waals surface area (Å²) in [7, 11) is 0. The highest BCUT2D eigenvalue weighted by Gasteiger charge is 2.13. The highest BCUT2D eigenvalue weighted by atomic mass is 16.7. The maximum atomic E-state index is 10.5. The first-order valence-corrected chi connectivity index (χ1v) is 7.51. The van der Waals surface area contributed by atoms with Crippen LogP contribution >= 0.6 is 0 Å². The Kier molecular flexibility index (Phi) is 4.34. The van der Waals surface area contributed by atoms with Crippen LogP contribution in [0.3, 0.4) is 0 Å². The fraction of sp³-hybridized carbons (Fsp3) is 0.294. The van der Waals surface area contributed by atoms with Gasteiger partial charge >= 0.3 is 0 Å². The van der Waals surface area contributed by atoms with Crippen LogP contribution in [0, 0.1) is 0 Å². The minimum Gasteiger partial charge on any atom is -0.395 e. The molecule has 0 radical (unpaired) electrons. The molecule has 2 aromatic carbocycles. The van der Waals surface area contributed by atoms with Gasteiger partial charge in [0, 0.05) is 0 Å². The van der Waals surface area contributed by atoms with Crippen molar-refractivity contribution in [3.63, 3.8) is 0 Å². The number of benzene rings is 2. The molecule has 1 unspecified atom stereocenters. The number of aliphatic hydroxyl groups is 1. The normalized spacial score (nSPS) is 12.5. The van der Waals surface area contributed by atoms with E-state index in [2.05, 4.69) is 17.2 Å². The SMILES string of the molecule is CCCCOn1nnc2ccc(C(O)c3ccccc3)cc21. The van der Waals surface area contributed by atoms with Crippen LogP contribution in [0.2, 0.25) is 0 Å². The molecule has 0 spiro atoms. The van der Waals surface area contributed by atoms with Crippen molar-refractivity contribution in [2.75, 3.05) is 6.61 Å². The molecule has 114 valence electrons. The molecular weight excluding hydrogens is 278 g/mol. The number of unbranched alkanes of at least 4 members (excludes halogenated alkanes) is 1. The monoisotopic (exact) mass is 297 g/mol. The van der Waals surface area contributed by atoms with E-state index in [1.54, 1.807) is 0 Å². The summed E-state index contributed by atoms with van der Waals surface area (Å²) < 4.78 is 0. The zero-order valence-electron chi connectivity index (χ0n) is 12.5. The zero-order valence-corrected chi connectivity index (χ0v) is 12.5. The van der Waals surface area contributed by atoms with Crippen molar-refractivity contribution in [3.05, 3.63) is 59.7 Å². The molecule has 1 atom stereocenters. The quantitative estimate of drug-likeness (QED) is 0.711. The number of hydrogen-bond donors (Lipinski definition) is 1. The van der Waals surface area contributed by atoms with Crippen molar-refractivity contribution in [1.82, 2.24) is 15.2 Å². The summed E-state index contributed by atoms with van der Waals surface area (Å²) in [6, 6.07) is 15.2. The molecule has 3 aromatic rings. The Balaban J connectivity index is 1.89. The number of hydrogen-bond acceptors (Lipinski definition) is 4. The van der Waals surface area contributed by atoms with Gasteiger partial charge in [0.15, 0.2) is 0 Å². The molecule has 1 N–H and O–H groups in total. The van der Waals surface area contributed by atoms with Crippen LogP contribution in [0.4, 0.5) is 0 Å². The molecule has 0 aliphatic carbocycles. The smallest absolute Gasteiger partial charge is 0.131 e. The maximum absolute atomic E-state index is 10.5. The third-order valence-electron chi connectivity index (χ3n) is 3.58. The number of aliphatic hydroxyl groups excluding tert-OH is 1. The Bertz CT molecular complexity index is 740. The lowest BCUT2D eigenvalue weighted by Gasteiger charge is -2.11. The van der Waals surface area contributed by atoms with Crippen LogP contribution in [0.25, 0.3) is 11.0 Å². The van der Waals surface area contributed by atoms with E-state index in [1.165, 1.54) is 4.85 Å². The van der Waals surface area contributed by atoms with Crippen molar-refractivity contribution in [2.24, 2.45) is 0 Å². The molecule has 5 nitrogen and oxygen atoms in total. The third-order valence-corrected chi connectivity index (χ3v) is 3.58. The van der Waals surface area contributed by atoms with Crippen LogP contribution in [0.15, 0.2) is 48.5 Å². The Labute approximate surface area is 129 Å². The number of rotatable bonds is 6. The van der Waals surface area contributed by atoms with Gasteiger partial charge in [0.2, 0.25) is 0 Å². The minimum atomic E-state index is -0.676. The van der Waals surface area contributed by atoms with E-state index >= 15 is 0 Å². The van der Waals surface area contributed by atoms with E-state index in [4.69, 9.17) is 4.84 Å². The van der Waals surface area contributed by atoms with Crippen molar-refractivity contribution in [3.8, 4) is 0 Å². The second kappa shape index (κ2) is 6.58. The average Bonchev–Trinajstić information content (AvgIpc) is 2.98. The van der Waals surface area contributed by atoms with E-state index in [1.807, 2.05) is 48.5 Å². The Morgan fingerprint density at radius 3 is 2.73 bits per heavy atom. The summed E-state index contributed by atoms with van der Waals surface area (Å²) in [4.78, 5) is 7.04. The van der Waals surface area contributed by atoms with E-state index in [9.17, 15) is 5.11 Å². The highest BCUT2D eigenvalue weighted by Crippen LogP contribution is 2.24. The van der Waals surface area contributed by atoms with Crippen molar-refractivity contribution >= 4 is 11.0 Å². The van der Waals surface area contributed by atoms with E-state index < -0.39 is 6.10 Å². The zero-order chi connectivity index (χ0) is 15.4. The number of aromatic nitrogens is 3. The lowest BCUT2D eigenvalue weighted by atomic mass is 10.0. The molecule has 1 aromatic heterocycles. The second-order valence-corrected chi connectivity index (χ2v) is 5.21. The Morgan fingerprint density at radius 2 is 1.95 bits per heavy atom. The average molecular weight is 297 g/mol. The topological polar surface area (TPSA) is 60.2 Å². The van der Waals surface area contributed by atoms with Crippen LogP contribution in [0.5, 0.6) is 0 Å². The van der Waals surface area contributed by atoms with Gasteiger partial charge in [0.05, 0.1) is 0 Å². The second-order valence-electron chi connectivity index (χ2n) is 5.21. The molecule has 0 aliphatic heterocycles. The van der Waals surface area contributed by atoms with Crippen molar-refractivity contribution in [2.45, 2.75) is 25.9 Å². The van der Waals surface area contributed by atoms with Gasteiger partial charge in [-0.15, -0.1) is 5.10 Å². The van der Waals surface area contributed by atoms with Gasteiger partial charge in [0.1, 0.15) is 23.7 Å². The summed E-state index contributed by atoms with van der Waals surface area (Å²) >= 11 is 0.